The number of aldehydes is 2. The predicted octanol–water partition coefficient (Wildman–Crippen LogP) is 2.74. The zero-order valence-corrected chi connectivity index (χ0v) is 9.41. The maximum atomic E-state index is 11.0. The lowest BCUT2D eigenvalue weighted by Crippen LogP contribution is -1.92. The second kappa shape index (κ2) is 5.63. The van der Waals surface area contributed by atoms with E-state index in [2.05, 4.69) is 0 Å². The van der Waals surface area contributed by atoms with Crippen LogP contribution in [0.2, 0.25) is 0 Å². The highest BCUT2D eigenvalue weighted by Crippen LogP contribution is 2.15. The minimum Gasteiger partial charge on any atom is -0.465 e. The van der Waals surface area contributed by atoms with E-state index in [9.17, 15) is 9.59 Å². The molecule has 2 aromatic heterocycles. The summed E-state index contributed by atoms with van der Waals surface area (Å²) in [6.45, 7) is 0. The molecule has 0 saturated heterocycles. The number of carbonyl (C=O) groups excluding carboxylic acids is 2. The molecule has 0 aromatic carbocycles. The van der Waals surface area contributed by atoms with Crippen LogP contribution in [0.3, 0.4) is 0 Å². The average Bonchev–Trinajstić information content (AvgIpc) is 3.06. The molecule has 0 aliphatic rings. The fourth-order valence-corrected chi connectivity index (χ4v) is 1.42. The van der Waals surface area contributed by atoms with Crippen molar-refractivity contribution in [2.45, 2.75) is 0 Å². The van der Waals surface area contributed by atoms with Gasteiger partial charge in [0.25, 0.3) is 0 Å². The molecule has 2 rings (SSSR count). The molecule has 0 fully saturated rings. The first-order valence-corrected chi connectivity index (χ1v) is 5.24. The summed E-state index contributed by atoms with van der Waals surface area (Å²) < 4.78 is 10.2. The van der Waals surface area contributed by atoms with Crippen LogP contribution in [0.15, 0.2) is 56.8 Å². The van der Waals surface area contributed by atoms with Gasteiger partial charge < -0.3 is 8.83 Å². The van der Waals surface area contributed by atoms with Gasteiger partial charge in [0.15, 0.2) is 12.6 Å². The minimum atomic E-state index is 0.233. The van der Waals surface area contributed by atoms with Crippen LogP contribution in [-0.2, 0) is 9.59 Å². The van der Waals surface area contributed by atoms with Crippen molar-refractivity contribution >= 4 is 24.7 Å². The predicted molar refractivity (Wildman–Crippen MR) is 65.5 cm³/mol. The molecule has 2 heterocycles. The zero-order valence-electron chi connectivity index (χ0n) is 9.41. The molecule has 0 aliphatic carbocycles. The largest absolute Gasteiger partial charge is 0.465 e. The number of allylic oxidation sites excluding steroid dienone is 2. The summed E-state index contributed by atoms with van der Waals surface area (Å²) in [4.78, 5) is 22.0. The van der Waals surface area contributed by atoms with E-state index in [0.717, 1.165) is 0 Å². The average molecular weight is 242 g/mol. The van der Waals surface area contributed by atoms with E-state index in [4.69, 9.17) is 8.83 Å². The first-order valence-electron chi connectivity index (χ1n) is 5.24. The molecule has 0 atom stereocenters. The summed E-state index contributed by atoms with van der Waals surface area (Å²) in [5.41, 5.74) is 0.465. The van der Waals surface area contributed by atoms with Gasteiger partial charge in [-0.15, -0.1) is 0 Å². The van der Waals surface area contributed by atoms with E-state index >= 15 is 0 Å². The smallest absolute Gasteiger partial charge is 0.150 e. The molecule has 4 nitrogen and oxygen atoms in total. The number of hydrogen-bond donors (Lipinski definition) is 0. The molecule has 0 unspecified atom stereocenters. The van der Waals surface area contributed by atoms with Crippen molar-refractivity contribution in [1.82, 2.24) is 0 Å². The summed E-state index contributed by atoms with van der Waals surface area (Å²) in [5, 5.41) is 0. The molecular weight excluding hydrogens is 232 g/mol. The number of furan rings is 2. The third-order valence-electron chi connectivity index (χ3n) is 2.27. The summed E-state index contributed by atoms with van der Waals surface area (Å²) >= 11 is 0. The fourth-order valence-electron chi connectivity index (χ4n) is 1.42. The Morgan fingerprint density at radius 3 is 1.56 bits per heavy atom. The van der Waals surface area contributed by atoms with E-state index in [0.29, 0.717) is 24.1 Å². The van der Waals surface area contributed by atoms with E-state index in [1.807, 2.05) is 0 Å². The molecule has 0 aliphatic heterocycles. The lowest BCUT2D eigenvalue weighted by Gasteiger charge is -1.97. The third-order valence-corrected chi connectivity index (χ3v) is 2.27. The van der Waals surface area contributed by atoms with Crippen LogP contribution in [0, 0.1) is 0 Å². The summed E-state index contributed by atoms with van der Waals surface area (Å²) in [6.07, 6.45) is 7.18. The van der Waals surface area contributed by atoms with E-state index in [1.54, 1.807) is 24.3 Å². The van der Waals surface area contributed by atoms with Gasteiger partial charge in [0.05, 0.1) is 12.5 Å². The topological polar surface area (TPSA) is 60.4 Å². The molecule has 18 heavy (non-hydrogen) atoms. The molecule has 0 amide bonds. The van der Waals surface area contributed by atoms with Crippen molar-refractivity contribution in [2.75, 3.05) is 0 Å². The van der Waals surface area contributed by atoms with Gasteiger partial charge >= 0.3 is 0 Å². The molecule has 0 radical (unpaired) electrons. The van der Waals surface area contributed by atoms with Gasteiger partial charge in [0, 0.05) is 11.1 Å². The van der Waals surface area contributed by atoms with Crippen molar-refractivity contribution in [1.29, 1.82) is 0 Å². The molecule has 0 bridgehead atoms. The summed E-state index contributed by atoms with van der Waals surface area (Å²) in [6, 6.07) is 6.79. The highest BCUT2D eigenvalue weighted by Gasteiger charge is 2.06. The number of rotatable bonds is 5. The van der Waals surface area contributed by atoms with Gasteiger partial charge in [0.1, 0.15) is 11.5 Å². The van der Waals surface area contributed by atoms with Gasteiger partial charge in [-0.1, -0.05) is 0 Å². The molecule has 4 heteroatoms. The van der Waals surface area contributed by atoms with Gasteiger partial charge in [0.2, 0.25) is 0 Å². The van der Waals surface area contributed by atoms with E-state index in [-0.39, 0.29) is 11.1 Å². The Labute approximate surface area is 103 Å². The Morgan fingerprint density at radius 1 is 0.833 bits per heavy atom. The molecule has 2 aromatic rings. The maximum Gasteiger partial charge on any atom is 0.150 e. The van der Waals surface area contributed by atoms with Crippen molar-refractivity contribution in [3.63, 3.8) is 0 Å². The second-order valence-corrected chi connectivity index (χ2v) is 3.47. The lowest BCUT2D eigenvalue weighted by atomic mass is 10.1. The van der Waals surface area contributed by atoms with Crippen molar-refractivity contribution in [3.8, 4) is 0 Å². The van der Waals surface area contributed by atoms with E-state index < -0.39 is 0 Å². The minimum absolute atomic E-state index is 0.233. The van der Waals surface area contributed by atoms with Crippen LogP contribution in [0.25, 0.3) is 12.2 Å². The molecular formula is C14H10O4. The van der Waals surface area contributed by atoms with Crippen LogP contribution in [-0.4, -0.2) is 12.6 Å². The van der Waals surface area contributed by atoms with Gasteiger partial charge in [-0.05, 0) is 36.4 Å². The maximum absolute atomic E-state index is 11.0. The van der Waals surface area contributed by atoms with E-state index in [1.165, 1.54) is 24.7 Å². The highest BCUT2D eigenvalue weighted by atomic mass is 16.3. The summed E-state index contributed by atoms with van der Waals surface area (Å²) in [7, 11) is 0. The standard InChI is InChI=1S/C14H10O4/c15-9-11(7-13-3-1-5-17-13)12(10-16)8-14-4-2-6-18-14/h1-10H. The van der Waals surface area contributed by atoms with Crippen molar-refractivity contribution < 1.29 is 18.4 Å². The first kappa shape index (κ1) is 11.9. The third kappa shape index (κ3) is 2.74. The van der Waals surface area contributed by atoms with Crippen molar-refractivity contribution in [2.24, 2.45) is 0 Å². The Morgan fingerprint density at radius 2 is 1.28 bits per heavy atom. The van der Waals surface area contributed by atoms with Crippen LogP contribution in [0.5, 0.6) is 0 Å². The number of hydrogen-bond acceptors (Lipinski definition) is 4. The van der Waals surface area contributed by atoms with Crippen LogP contribution in [0.4, 0.5) is 0 Å². The molecule has 0 saturated carbocycles. The first-order chi connectivity index (χ1) is 8.83. The van der Waals surface area contributed by atoms with Crippen molar-refractivity contribution in [3.05, 3.63) is 59.5 Å². The fraction of sp³-hybridized carbons (Fsp3) is 0. The number of carbonyl (C=O) groups is 2. The second-order valence-electron chi connectivity index (χ2n) is 3.47. The Balaban J connectivity index is 2.36. The quantitative estimate of drug-likeness (QED) is 0.459. The van der Waals surface area contributed by atoms with Gasteiger partial charge in [-0.3, -0.25) is 9.59 Å². The normalized spacial score (nSPS) is 12.4. The molecule has 90 valence electrons. The van der Waals surface area contributed by atoms with Gasteiger partial charge in [-0.2, -0.15) is 0 Å². The van der Waals surface area contributed by atoms with Gasteiger partial charge in [-0.25, -0.2) is 0 Å². The zero-order chi connectivity index (χ0) is 12.8. The Hall–Kier alpha value is -2.62. The lowest BCUT2D eigenvalue weighted by molar-refractivity contribution is -0.107. The molecule has 0 spiro atoms. The monoisotopic (exact) mass is 242 g/mol. The highest BCUT2D eigenvalue weighted by molar-refractivity contribution is 6.02. The van der Waals surface area contributed by atoms with Crippen LogP contribution >= 0.6 is 0 Å². The van der Waals surface area contributed by atoms with Crippen LogP contribution < -0.4 is 0 Å². The SMILES string of the molecule is O=CC(=Cc1ccco1)C(C=O)=Cc1ccco1. The summed E-state index contributed by atoms with van der Waals surface area (Å²) in [5.74, 6) is 1.01. The van der Waals surface area contributed by atoms with Crippen LogP contribution in [0.1, 0.15) is 11.5 Å². The Kier molecular flexibility index (Phi) is 3.71. The Bertz CT molecular complexity index is 517. The molecule has 0 N–H and O–H groups in total.